The van der Waals surface area contributed by atoms with Crippen LogP contribution in [0.4, 0.5) is 0 Å². The highest BCUT2D eigenvalue weighted by atomic mass is 35.5. The molecule has 1 heterocycles. The first-order valence-electron chi connectivity index (χ1n) is 10.1. The van der Waals surface area contributed by atoms with Crippen molar-refractivity contribution in [2.24, 2.45) is 0 Å². The molecular weight excluding hydrogens is 372 g/mol. The highest BCUT2D eigenvalue weighted by molar-refractivity contribution is 5.85. The number of ether oxygens (including phenoxy) is 1. The van der Waals surface area contributed by atoms with E-state index >= 15 is 0 Å². The Bertz CT molecular complexity index is 877. The first-order chi connectivity index (χ1) is 13.3. The summed E-state index contributed by atoms with van der Waals surface area (Å²) in [6, 6.07) is 18.4. The fourth-order valence-corrected chi connectivity index (χ4v) is 3.87. The van der Waals surface area contributed by atoms with Crippen LogP contribution in [0.2, 0.25) is 0 Å². The van der Waals surface area contributed by atoms with Crippen molar-refractivity contribution in [1.29, 1.82) is 0 Å². The van der Waals surface area contributed by atoms with Gasteiger partial charge < -0.3 is 14.4 Å². The van der Waals surface area contributed by atoms with Crippen LogP contribution in [-0.2, 0) is 11.3 Å². The highest BCUT2D eigenvalue weighted by Crippen LogP contribution is 2.37. The molecular formula is C23H29ClN2O2. The third-order valence-corrected chi connectivity index (χ3v) is 5.58. The Morgan fingerprint density at radius 2 is 1.82 bits per heavy atom. The summed E-state index contributed by atoms with van der Waals surface area (Å²) < 4.78 is 8.26. The Morgan fingerprint density at radius 1 is 1.11 bits per heavy atom. The number of para-hydroxylation sites is 2. The molecule has 2 aromatic carbocycles. The van der Waals surface area contributed by atoms with Crippen LogP contribution in [0.3, 0.4) is 0 Å². The maximum atomic E-state index is 10.7. The average molecular weight is 401 g/mol. The van der Waals surface area contributed by atoms with Crippen molar-refractivity contribution < 1.29 is 9.84 Å². The van der Waals surface area contributed by atoms with Crippen molar-refractivity contribution in [1.82, 2.24) is 9.55 Å². The third kappa shape index (κ3) is 4.40. The van der Waals surface area contributed by atoms with Crippen LogP contribution < -0.4 is 0 Å². The summed E-state index contributed by atoms with van der Waals surface area (Å²) in [5.41, 5.74) is 3.28. The number of hydrogen-bond acceptors (Lipinski definition) is 3. The molecule has 4 rings (SSSR count). The van der Waals surface area contributed by atoms with Crippen molar-refractivity contribution in [2.75, 3.05) is 6.61 Å². The Balaban J connectivity index is 0.00000225. The van der Waals surface area contributed by atoms with Gasteiger partial charge in [-0.15, -0.1) is 12.4 Å². The summed E-state index contributed by atoms with van der Waals surface area (Å²) in [6.45, 7) is 2.96. The van der Waals surface area contributed by atoms with Crippen molar-refractivity contribution in [3.63, 3.8) is 0 Å². The molecule has 1 aliphatic rings. The predicted octanol–water partition coefficient (Wildman–Crippen LogP) is 5.25. The molecule has 0 bridgehead atoms. The second-order valence-corrected chi connectivity index (χ2v) is 7.49. The lowest BCUT2D eigenvalue weighted by Crippen LogP contribution is -2.26. The van der Waals surface area contributed by atoms with Crippen molar-refractivity contribution in [3.05, 3.63) is 66.0 Å². The molecule has 1 saturated carbocycles. The first kappa shape index (κ1) is 20.8. The van der Waals surface area contributed by atoms with Crippen LogP contribution in [-0.4, -0.2) is 27.4 Å². The molecule has 28 heavy (non-hydrogen) atoms. The van der Waals surface area contributed by atoms with Crippen molar-refractivity contribution >= 4 is 23.4 Å². The lowest BCUT2D eigenvalue weighted by atomic mass is 9.85. The van der Waals surface area contributed by atoms with E-state index in [0.717, 1.165) is 28.8 Å². The zero-order valence-electron chi connectivity index (χ0n) is 16.3. The Hall–Kier alpha value is -1.88. The SMILES string of the molecule is CCC(OCC(O)Cn1c(C2CCC2)nc2ccccc21)c1ccccc1.Cl. The molecule has 150 valence electrons. The number of halogens is 1. The molecule has 0 radical (unpaired) electrons. The molecule has 1 fully saturated rings. The second kappa shape index (κ2) is 9.55. The van der Waals surface area contributed by atoms with E-state index in [2.05, 4.69) is 35.8 Å². The lowest BCUT2D eigenvalue weighted by Gasteiger charge is -2.27. The van der Waals surface area contributed by atoms with E-state index in [0.29, 0.717) is 19.1 Å². The molecule has 0 spiro atoms. The van der Waals surface area contributed by atoms with Crippen molar-refractivity contribution in [2.45, 2.75) is 57.3 Å². The third-order valence-electron chi connectivity index (χ3n) is 5.58. The first-order valence-corrected chi connectivity index (χ1v) is 10.1. The monoisotopic (exact) mass is 400 g/mol. The number of aliphatic hydroxyl groups is 1. The summed E-state index contributed by atoms with van der Waals surface area (Å²) in [5.74, 6) is 1.65. The van der Waals surface area contributed by atoms with Gasteiger partial charge in [-0.2, -0.15) is 0 Å². The van der Waals surface area contributed by atoms with E-state index in [1.165, 1.54) is 19.3 Å². The molecule has 1 N–H and O–H groups in total. The minimum absolute atomic E-state index is 0. The number of aliphatic hydroxyl groups excluding tert-OH is 1. The van der Waals surface area contributed by atoms with Gasteiger partial charge in [0, 0.05) is 5.92 Å². The van der Waals surface area contributed by atoms with E-state index < -0.39 is 6.10 Å². The van der Waals surface area contributed by atoms with Gasteiger partial charge >= 0.3 is 0 Å². The lowest BCUT2D eigenvalue weighted by molar-refractivity contribution is -0.0176. The summed E-state index contributed by atoms with van der Waals surface area (Å²) in [7, 11) is 0. The van der Waals surface area contributed by atoms with Gasteiger partial charge in [0.25, 0.3) is 0 Å². The van der Waals surface area contributed by atoms with E-state index in [1.807, 2.05) is 30.3 Å². The number of nitrogens with zero attached hydrogens (tertiary/aromatic N) is 2. The standard InChI is InChI=1S/C23H28N2O2.ClH/c1-2-22(17-9-4-3-5-10-17)27-16-19(26)15-25-21-14-7-6-13-20(21)24-23(25)18-11-8-12-18;/h3-7,9-10,13-14,18-19,22,26H,2,8,11-12,15-16H2,1H3;1H. The average Bonchev–Trinajstić information content (AvgIpc) is 3.00. The molecule has 4 nitrogen and oxygen atoms in total. The number of benzene rings is 2. The number of imidazole rings is 1. The molecule has 1 aliphatic carbocycles. The van der Waals surface area contributed by atoms with Crippen LogP contribution in [0.1, 0.15) is 56.0 Å². The quantitative estimate of drug-likeness (QED) is 0.561. The zero-order valence-corrected chi connectivity index (χ0v) is 17.1. The summed E-state index contributed by atoms with van der Waals surface area (Å²) in [4.78, 5) is 4.86. The van der Waals surface area contributed by atoms with Gasteiger partial charge in [-0.25, -0.2) is 4.98 Å². The van der Waals surface area contributed by atoms with Gasteiger partial charge in [-0.1, -0.05) is 55.8 Å². The van der Waals surface area contributed by atoms with E-state index in [1.54, 1.807) is 0 Å². The van der Waals surface area contributed by atoms with Crippen molar-refractivity contribution in [3.8, 4) is 0 Å². The van der Waals surface area contributed by atoms with Crippen LogP contribution in [0, 0.1) is 0 Å². The fraction of sp³-hybridized carbons (Fsp3) is 0.435. The number of fused-ring (bicyclic) bond motifs is 1. The van der Waals surface area contributed by atoms with Crippen LogP contribution in [0.15, 0.2) is 54.6 Å². The zero-order chi connectivity index (χ0) is 18.6. The molecule has 2 unspecified atom stereocenters. The fourth-order valence-electron chi connectivity index (χ4n) is 3.87. The molecule has 0 amide bonds. The van der Waals surface area contributed by atoms with Gasteiger partial charge in [0.05, 0.1) is 36.4 Å². The highest BCUT2D eigenvalue weighted by Gasteiger charge is 2.26. The Kier molecular flexibility index (Phi) is 7.11. The minimum Gasteiger partial charge on any atom is -0.389 e. The van der Waals surface area contributed by atoms with E-state index in [4.69, 9.17) is 9.72 Å². The van der Waals surface area contributed by atoms with Gasteiger partial charge in [0.2, 0.25) is 0 Å². The Morgan fingerprint density at radius 3 is 2.50 bits per heavy atom. The maximum Gasteiger partial charge on any atom is 0.113 e. The molecule has 5 heteroatoms. The van der Waals surface area contributed by atoms with Crippen LogP contribution in [0.5, 0.6) is 0 Å². The van der Waals surface area contributed by atoms with Gasteiger partial charge in [0.1, 0.15) is 5.82 Å². The summed E-state index contributed by atoms with van der Waals surface area (Å²) in [5, 5.41) is 10.7. The van der Waals surface area contributed by atoms with Gasteiger partial charge in [0.15, 0.2) is 0 Å². The Labute approximate surface area is 173 Å². The molecule has 2 atom stereocenters. The number of rotatable bonds is 8. The molecule has 0 aliphatic heterocycles. The van der Waals surface area contributed by atoms with Crippen LogP contribution in [0.25, 0.3) is 11.0 Å². The van der Waals surface area contributed by atoms with Gasteiger partial charge in [-0.05, 0) is 37.0 Å². The normalized spacial score (nSPS) is 16.4. The van der Waals surface area contributed by atoms with Gasteiger partial charge in [-0.3, -0.25) is 0 Å². The van der Waals surface area contributed by atoms with E-state index in [-0.39, 0.29) is 18.5 Å². The largest absolute Gasteiger partial charge is 0.389 e. The number of hydrogen-bond donors (Lipinski definition) is 1. The topological polar surface area (TPSA) is 47.3 Å². The maximum absolute atomic E-state index is 10.7. The summed E-state index contributed by atoms with van der Waals surface area (Å²) in [6.07, 6.45) is 4.02. The molecule has 0 saturated heterocycles. The van der Waals surface area contributed by atoms with Crippen LogP contribution >= 0.6 is 12.4 Å². The number of aromatic nitrogens is 2. The summed E-state index contributed by atoms with van der Waals surface area (Å²) >= 11 is 0. The predicted molar refractivity (Wildman–Crippen MR) is 115 cm³/mol. The minimum atomic E-state index is -0.556. The second-order valence-electron chi connectivity index (χ2n) is 7.49. The molecule has 1 aromatic heterocycles. The van der Waals surface area contributed by atoms with E-state index in [9.17, 15) is 5.11 Å². The smallest absolute Gasteiger partial charge is 0.113 e. The molecule has 3 aromatic rings.